The molecule has 148 valence electrons. The number of carbonyl (C=O) groups excluding carboxylic acids is 1. The van der Waals surface area contributed by atoms with E-state index >= 15 is 0 Å². The molecule has 0 aliphatic carbocycles. The third-order valence-electron chi connectivity index (χ3n) is 5.02. The van der Waals surface area contributed by atoms with Crippen LogP contribution in [0.3, 0.4) is 0 Å². The van der Waals surface area contributed by atoms with Crippen molar-refractivity contribution in [1.29, 1.82) is 0 Å². The van der Waals surface area contributed by atoms with Gasteiger partial charge in [-0.25, -0.2) is 0 Å². The van der Waals surface area contributed by atoms with E-state index < -0.39 is 16.9 Å². The second-order valence-electron chi connectivity index (χ2n) is 6.77. The third-order valence-corrected chi connectivity index (χ3v) is 5.02. The molecule has 2 aromatic carbocycles. The fourth-order valence-corrected chi connectivity index (χ4v) is 3.73. The van der Waals surface area contributed by atoms with Crippen LogP contribution in [0, 0.1) is 10.1 Å². The summed E-state index contributed by atoms with van der Waals surface area (Å²) in [5.74, 6) is -0.418. The Labute approximate surface area is 165 Å². The molecule has 1 unspecified atom stereocenters. The van der Waals surface area contributed by atoms with Crippen LogP contribution in [0.1, 0.15) is 34.1 Å². The van der Waals surface area contributed by atoms with Crippen molar-refractivity contribution >= 4 is 22.6 Å². The van der Waals surface area contributed by atoms with E-state index in [0.29, 0.717) is 36.1 Å². The molecule has 0 saturated carbocycles. The molecule has 1 atom stereocenters. The number of fused-ring (bicyclic) bond motifs is 2. The average molecular weight is 394 g/mol. The minimum Gasteiger partial charge on any atom is -0.450 e. The number of hydrogen-bond acceptors (Lipinski definition) is 6. The Balaban J connectivity index is 1.92. The van der Waals surface area contributed by atoms with Crippen molar-refractivity contribution in [3.05, 3.63) is 85.8 Å². The van der Waals surface area contributed by atoms with E-state index in [2.05, 4.69) is 0 Å². The number of benzene rings is 2. The Morgan fingerprint density at radius 2 is 1.97 bits per heavy atom. The Bertz CT molecular complexity index is 1170. The number of nitrogens with zero attached hydrogens (tertiary/aromatic N) is 2. The zero-order valence-electron chi connectivity index (χ0n) is 15.7. The van der Waals surface area contributed by atoms with Gasteiger partial charge in [0.05, 0.1) is 21.9 Å². The summed E-state index contributed by atoms with van der Waals surface area (Å²) in [5.41, 5.74) is 0.630. The van der Waals surface area contributed by atoms with Gasteiger partial charge in [-0.05, 0) is 24.1 Å². The molecule has 1 aliphatic heterocycles. The highest BCUT2D eigenvalue weighted by Gasteiger charge is 2.42. The first-order valence-corrected chi connectivity index (χ1v) is 9.13. The molecule has 0 bridgehead atoms. The van der Waals surface area contributed by atoms with Crippen LogP contribution in [-0.4, -0.2) is 36.0 Å². The van der Waals surface area contributed by atoms with Gasteiger partial charge < -0.3 is 14.1 Å². The summed E-state index contributed by atoms with van der Waals surface area (Å²) in [5, 5.41) is 11.6. The fourth-order valence-electron chi connectivity index (χ4n) is 3.73. The molecule has 1 amide bonds. The van der Waals surface area contributed by atoms with E-state index in [-0.39, 0.29) is 22.4 Å². The number of methoxy groups -OCH3 is 1. The summed E-state index contributed by atoms with van der Waals surface area (Å²) >= 11 is 0. The predicted octanol–water partition coefficient (Wildman–Crippen LogP) is 3.28. The molecule has 8 heteroatoms. The van der Waals surface area contributed by atoms with Crippen molar-refractivity contribution in [2.75, 3.05) is 20.3 Å². The Kier molecular flexibility index (Phi) is 4.85. The number of nitro benzene ring substituents is 1. The third kappa shape index (κ3) is 3.17. The lowest BCUT2D eigenvalue weighted by Crippen LogP contribution is -2.31. The van der Waals surface area contributed by atoms with Gasteiger partial charge in [0.25, 0.3) is 11.6 Å². The highest BCUT2D eigenvalue weighted by atomic mass is 16.6. The molecule has 2 heterocycles. The zero-order chi connectivity index (χ0) is 20.5. The van der Waals surface area contributed by atoms with Crippen molar-refractivity contribution in [3.63, 3.8) is 0 Å². The number of hydrogen-bond donors (Lipinski definition) is 0. The Morgan fingerprint density at radius 3 is 2.72 bits per heavy atom. The fraction of sp³-hybridized carbons (Fsp3) is 0.238. The minimum atomic E-state index is -0.755. The summed E-state index contributed by atoms with van der Waals surface area (Å²) in [7, 11) is 1.57. The van der Waals surface area contributed by atoms with E-state index in [1.54, 1.807) is 43.5 Å². The molecule has 0 spiro atoms. The molecule has 0 N–H and O–H groups in total. The van der Waals surface area contributed by atoms with Gasteiger partial charge in [0.15, 0.2) is 5.43 Å². The molecule has 8 nitrogen and oxygen atoms in total. The smallest absolute Gasteiger partial charge is 0.290 e. The SMILES string of the molecule is COCCCN1C(=O)c2oc3ccccc3c(=O)c2C1c1cccc([N+](=O)[O-])c1. The minimum absolute atomic E-state index is 0.0115. The molecule has 0 radical (unpaired) electrons. The summed E-state index contributed by atoms with van der Waals surface area (Å²) in [6.07, 6.45) is 0.551. The zero-order valence-corrected chi connectivity index (χ0v) is 15.7. The topological polar surface area (TPSA) is 103 Å². The largest absolute Gasteiger partial charge is 0.450 e. The maximum Gasteiger partial charge on any atom is 0.290 e. The van der Waals surface area contributed by atoms with Crippen LogP contribution in [0.4, 0.5) is 5.69 Å². The van der Waals surface area contributed by atoms with Gasteiger partial charge in [0.2, 0.25) is 5.76 Å². The number of nitro groups is 1. The summed E-state index contributed by atoms with van der Waals surface area (Å²) in [6.45, 7) is 0.755. The van der Waals surface area contributed by atoms with Crippen LogP contribution >= 0.6 is 0 Å². The molecule has 3 aromatic rings. The van der Waals surface area contributed by atoms with E-state index in [1.165, 1.54) is 17.0 Å². The molecule has 0 saturated heterocycles. The van der Waals surface area contributed by atoms with Crippen LogP contribution in [-0.2, 0) is 4.74 Å². The first kappa shape index (κ1) is 18.8. The number of carbonyl (C=O) groups is 1. The van der Waals surface area contributed by atoms with Crippen molar-refractivity contribution in [2.45, 2.75) is 12.5 Å². The van der Waals surface area contributed by atoms with Crippen LogP contribution in [0.2, 0.25) is 0 Å². The lowest BCUT2D eigenvalue weighted by atomic mass is 9.98. The second-order valence-corrected chi connectivity index (χ2v) is 6.77. The quantitative estimate of drug-likeness (QED) is 0.361. The highest BCUT2D eigenvalue weighted by molar-refractivity contribution is 5.99. The molecule has 1 aromatic heterocycles. The van der Waals surface area contributed by atoms with E-state index in [4.69, 9.17) is 9.15 Å². The number of rotatable bonds is 6. The van der Waals surface area contributed by atoms with Gasteiger partial charge in [-0.1, -0.05) is 24.3 Å². The highest BCUT2D eigenvalue weighted by Crippen LogP contribution is 2.39. The van der Waals surface area contributed by atoms with Gasteiger partial charge >= 0.3 is 0 Å². The maximum absolute atomic E-state index is 13.2. The van der Waals surface area contributed by atoms with Crippen LogP contribution in [0.15, 0.2) is 57.7 Å². The molecule has 1 aliphatic rings. The van der Waals surface area contributed by atoms with Crippen LogP contribution in [0.25, 0.3) is 11.0 Å². The average Bonchev–Trinajstić information content (AvgIpc) is 3.01. The molecular weight excluding hydrogens is 376 g/mol. The first-order valence-electron chi connectivity index (χ1n) is 9.13. The van der Waals surface area contributed by atoms with Gasteiger partial charge in [-0.3, -0.25) is 19.7 Å². The van der Waals surface area contributed by atoms with Gasteiger partial charge in [-0.15, -0.1) is 0 Å². The molecular formula is C21H18N2O6. The Morgan fingerprint density at radius 1 is 1.17 bits per heavy atom. The number of ether oxygens (including phenoxy) is 1. The lowest BCUT2D eigenvalue weighted by Gasteiger charge is -2.24. The summed E-state index contributed by atoms with van der Waals surface area (Å²) in [6, 6.07) is 12.0. The van der Waals surface area contributed by atoms with E-state index in [1.807, 2.05) is 0 Å². The summed E-state index contributed by atoms with van der Waals surface area (Å²) in [4.78, 5) is 38.6. The normalized spacial score (nSPS) is 15.7. The van der Waals surface area contributed by atoms with Crippen molar-refractivity contribution in [3.8, 4) is 0 Å². The molecule has 29 heavy (non-hydrogen) atoms. The van der Waals surface area contributed by atoms with Gasteiger partial charge in [0, 0.05) is 32.4 Å². The van der Waals surface area contributed by atoms with Crippen molar-refractivity contribution in [1.82, 2.24) is 4.90 Å². The maximum atomic E-state index is 13.2. The number of para-hydroxylation sites is 1. The number of amides is 1. The predicted molar refractivity (Wildman–Crippen MR) is 105 cm³/mol. The molecule has 0 fully saturated rings. The monoisotopic (exact) mass is 394 g/mol. The van der Waals surface area contributed by atoms with E-state index in [0.717, 1.165) is 0 Å². The summed E-state index contributed by atoms with van der Waals surface area (Å²) < 4.78 is 10.9. The van der Waals surface area contributed by atoms with Gasteiger partial charge in [-0.2, -0.15) is 0 Å². The van der Waals surface area contributed by atoms with Crippen molar-refractivity contribution in [2.24, 2.45) is 0 Å². The molecule has 4 rings (SSSR count). The van der Waals surface area contributed by atoms with Gasteiger partial charge in [0.1, 0.15) is 5.58 Å². The van der Waals surface area contributed by atoms with E-state index in [9.17, 15) is 19.7 Å². The van der Waals surface area contributed by atoms with Crippen LogP contribution in [0.5, 0.6) is 0 Å². The number of non-ortho nitro benzene ring substituents is 1. The van der Waals surface area contributed by atoms with Crippen LogP contribution < -0.4 is 5.43 Å². The Hall–Kier alpha value is -3.52. The standard InChI is InChI=1S/C21H18N2O6/c1-28-11-5-10-22-18(13-6-4-7-14(12-13)23(26)27)17-19(24)15-8-2-3-9-16(15)29-20(17)21(22)25/h2-4,6-9,12,18H,5,10-11H2,1H3. The first-order chi connectivity index (χ1) is 14.0. The van der Waals surface area contributed by atoms with Crippen molar-refractivity contribution < 1.29 is 18.9 Å². The second kappa shape index (κ2) is 7.48. The lowest BCUT2D eigenvalue weighted by molar-refractivity contribution is -0.384.